The lowest BCUT2D eigenvalue weighted by molar-refractivity contribution is -0.385. The summed E-state index contributed by atoms with van der Waals surface area (Å²) in [4.78, 5) is 27.6. The van der Waals surface area contributed by atoms with Crippen molar-refractivity contribution in [3.05, 3.63) is 79.9 Å². The van der Waals surface area contributed by atoms with Gasteiger partial charge in [0.1, 0.15) is 5.82 Å². The smallest absolute Gasteiger partial charge is 0.270 e. The van der Waals surface area contributed by atoms with Gasteiger partial charge in [-0.2, -0.15) is 0 Å². The molecular formula is C20H20N4O4. The fourth-order valence-corrected chi connectivity index (χ4v) is 3.07. The topological polar surface area (TPSA) is 102 Å². The number of non-ortho nitro benzene ring substituents is 2. The summed E-state index contributed by atoms with van der Waals surface area (Å²) >= 11 is 0. The number of anilines is 1. The number of rotatable bonds is 7. The van der Waals surface area contributed by atoms with Gasteiger partial charge in [0, 0.05) is 43.2 Å². The first-order valence-electron chi connectivity index (χ1n) is 8.91. The van der Waals surface area contributed by atoms with E-state index < -0.39 is 9.85 Å². The van der Waals surface area contributed by atoms with E-state index in [0.29, 0.717) is 6.54 Å². The lowest BCUT2D eigenvalue weighted by Crippen LogP contribution is -2.21. The zero-order valence-electron chi connectivity index (χ0n) is 15.7. The SMILES string of the molecule is CCc1cc(N(C)CCc2ccc([N+](=O)[O-])cc2)nc2ccc([N+](=O)[O-])cc12. The van der Waals surface area contributed by atoms with Gasteiger partial charge < -0.3 is 4.90 Å². The highest BCUT2D eigenvalue weighted by Crippen LogP contribution is 2.27. The zero-order valence-corrected chi connectivity index (χ0v) is 15.7. The standard InChI is InChI=1S/C20H20N4O4/c1-3-15-12-20(21-19-9-8-17(24(27)28)13-18(15)19)22(2)11-10-14-4-6-16(7-5-14)23(25)26/h4-9,12-13H,3,10-11H2,1-2H3. The minimum Gasteiger partial charge on any atom is -0.359 e. The minimum atomic E-state index is -0.411. The van der Waals surface area contributed by atoms with Crippen LogP contribution in [0.15, 0.2) is 48.5 Å². The molecule has 0 unspecified atom stereocenters. The van der Waals surface area contributed by atoms with E-state index in [1.807, 2.05) is 24.9 Å². The van der Waals surface area contributed by atoms with Crippen molar-refractivity contribution in [2.75, 3.05) is 18.5 Å². The van der Waals surface area contributed by atoms with Gasteiger partial charge in [0.05, 0.1) is 15.4 Å². The molecule has 0 aliphatic heterocycles. The Kier molecular flexibility index (Phi) is 5.49. The monoisotopic (exact) mass is 380 g/mol. The minimum absolute atomic E-state index is 0.0586. The van der Waals surface area contributed by atoms with Crippen LogP contribution < -0.4 is 4.90 Å². The summed E-state index contributed by atoms with van der Waals surface area (Å²) in [6.07, 6.45) is 1.46. The van der Waals surface area contributed by atoms with Gasteiger partial charge in [-0.3, -0.25) is 20.2 Å². The predicted octanol–water partition coefficient (Wildman–Crippen LogP) is 4.29. The van der Waals surface area contributed by atoms with Crippen LogP contribution in [0.4, 0.5) is 17.2 Å². The Balaban J connectivity index is 1.81. The molecule has 0 spiro atoms. The van der Waals surface area contributed by atoms with Crippen LogP contribution in [0.5, 0.6) is 0 Å². The average Bonchev–Trinajstić information content (AvgIpc) is 2.70. The Bertz CT molecular complexity index is 1030. The zero-order chi connectivity index (χ0) is 20.3. The number of nitrogens with zero attached hydrogens (tertiary/aromatic N) is 4. The normalized spacial score (nSPS) is 10.8. The van der Waals surface area contributed by atoms with Crippen molar-refractivity contribution in [1.82, 2.24) is 4.98 Å². The summed E-state index contributed by atoms with van der Waals surface area (Å²) in [5.74, 6) is 0.792. The van der Waals surface area contributed by atoms with Crippen LogP contribution in [-0.2, 0) is 12.8 Å². The maximum absolute atomic E-state index is 11.0. The van der Waals surface area contributed by atoms with Gasteiger partial charge in [0.25, 0.3) is 11.4 Å². The maximum Gasteiger partial charge on any atom is 0.270 e. The van der Waals surface area contributed by atoms with Crippen LogP contribution in [0.2, 0.25) is 0 Å². The van der Waals surface area contributed by atoms with Gasteiger partial charge in [-0.25, -0.2) is 4.98 Å². The van der Waals surface area contributed by atoms with Gasteiger partial charge in [-0.15, -0.1) is 0 Å². The maximum atomic E-state index is 11.0. The van der Waals surface area contributed by atoms with Crippen molar-refractivity contribution < 1.29 is 9.85 Å². The lowest BCUT2D eigenvalue weighted by Gasteiger charge is -2.20. The molecule has 0 aliphatic rings. The van der Waals surface area contributed by atoms with Gasteiger partial charge in [-0.1, -0.05) is 19.1 Å². The highest BCUT2D eigenvalue weighted by Gasteiger charge is 2.13. The highest BCUT2D eigenvalue weighted by atomic mass is 16.6. The molecule has 28 heavy (non-hydrogen) atoms. The highest BCUT2D eigenvalue weighted by molar-refractivity contribution is 5.86. The third-order valence-electron chi connectivity index (χ3n) is 4.73. The van der Waals surface area contributed by atoms with Gasteiger partial charge >= 0.3 is 0 Å². The number of pyridine rings is 1. The molecule has 0 N–H and O–H groups in total. The Morgan fingerprint density at radius 3 is 2.21 bits per heavy atom. The van der Waals surface area contributed by atoms with Crippen molar-refractivity contribution in [3.8, 4) is 0 Å². The van der Waals surface area contributed by atoms with E-state index in [4.69, 9.17) is 0 Å². The third kappa shape index (κ3) is 4.06. The molecule has 0 saturated carbocycles. The number of fused-ring (bicyclic) bond motifs is 1. The molecule has 0 bridgehead atoms. The first-order chi connectivity index (χ1) is 13.4. The van der Waals surface area contributed by atoms with Crippen LogP contribution in [0.1, 0.15) is 18.1 Å². The number of likely N-dealkylation sites (N-methyl/N-ethyl adjacent to an activating group) is 1. The molecule has 1 heterocycles. The number of benzene rings is 2. The Hall–Kier alpha value is -3.55. The molecule has 0 atom stereocenters. The average molecular weight is 380 g/mol. The molecule has 0 amide bonds. The molecule has 8 heteroatoms. The molecule has 1 aromatic heterocycles. The second-order valence-electron chi connectivity index (χ2n) is 6.55. The van der Waals surface area contributed by atoms with Crippen molar-refractivity contribution in [3.63, 3.8) is 0 Å². The van der Waals surface area contributed by atoms with Gasteiger partial charge in [-0.05, 0) is 36.1 Å². The number of hydrogen-bond donors (Lipinski definition) is 0. The number of nitro groups is 2. The van der Waals surface area contributed by atoms with E-state index in [-0.39, 0.29) is 11.4 Å². The quantitative estimate of drug-likeness (QED) is 0.447. The summed E-state index contributed by atoms with van der Waals surface area (Å²) in [6.45, 7) is 2.70. The number of hydrogen-bond acceptors (Lipinski definition) is 6. The van der Waals surface area contributed by atoms with E-state index in [1.165, 1.54) is 18.2 Å². The van der Waals surface area contributed by atoms with E-state index in [2.05, 4.69) is 4.98 Å². The molecule has 3 aromatic rings. The van der Waals surface area contributed by atoms with E-state index >= 15 is 0 Å². The van der Waals surface area contributed by atoms with Crippen LogP contribution in [0.25, 0.3) is 10.9 Å². The predicted molar refractivity (Wildman–Crippen MR) is 108 cm³/mol. The van der Waals surface area contributed by atoms with E-state index in [1.54, 1.807) is 24.3 Å². The first kappa shape index (κ1) is 19.2. The molecule has 0 aliphatic carbocycles. The molecule has 2 aromatic carbocycles. The summed E-state index contributed by atoms with van der Waals surface area (Å²) in [5.41, 5.74) is 2.87. The summed E-state index contributed by atoms with van der Waals surface area (Å²) < 4.78 is 0. The molecule has 0 saturated heterocycles. The lowest BCUT2D eigenvalue weighted by atomic mass is 10.1. The fraction of sp³-hybridized carbons (Fsp3) is 0.250. The Morgan fingerprint density at radius 2 is 1.61 bits per heavy atom. The first-order valence-corrected chi connectivity index (χ1v) is 8.91. The molecular weight excluding hydrogens is 360 g/mol. The molecule has 0 fully saturated rings. The second-order valence-corrected chi connectivity index (χ2v) is 6.55. The number of aryl methyl sites for hydroxylation is 1. The van der Waals surface area contributed by atoms with Crippen LogP contribution in [0.3, 0.4) is 0 Å². The second kappa shape index (κ2) is 7.99. The van der Waals surface area contributed by atoms with Crippen LogP contribution in [-0.4, -0.2) is 28.4 Å². The van der Waals surface area contributed by atoms with Crippen molar-refractivity contribution in [2.45, 2.75) is 19.8 Å². The van der Waals surface area contributed by atoms with Crippen LogP contribution in [0, 0.1) is 20.2 Å². The third-order valence-corrected chi connectivity index (χ3v) is 4.73. The summed E-state index contributed by atoms with van der Waals surface area (Å²) in [7, 11) is 1.93. The number of aromatic nitrogens is 1. The van der Waals surface area contributed by atoms with Crippen molar-refractivity contribution in [2.24, 2.45) is 0 Å². The van der Waals surface area contributed by atoms with Gasteiger partial charge in [0.2, 0.25) is 0 Å². The summed E-state index contributed by atoms with van der Waals surface area (Å²) in [5, 5.41) is 22.6. The van der Waals surface area contributed by atoms with Crippen molar-refractivity contribution in [1.29, 1.82) is 0 Å². The van der Waals surface area contributed by atoms with Crippen molar-refractivity contribution >= 4 is 28.1 Å². The molecule has 3 rings (SSSR count). The van der Waals surface area contributed by atoms with E-state index in [0.717, 1.165) is 40.7 Å². The van der Waals surface area contributed by atoms with Gasteiger partial charge in [0.15, 0.2) is 0 Å². The van der Waals surface area contributed by atoms with Crippen LogP contribution >= 0.6 is 0 Å². The summed E-state index contributed by atoms with van der Waals surface area (Å²) in [6, 6.07) is 13.2. The largest absolute Gasteiger partial charge is 0.359 e. The molecule has 8 nitrogen and oxygen atoms in total. The fourth-order valence-electron chi connectivity index (χ4n) is 3.07. The molecule has 0 radical (unpaired) electrons. The molecule has 144 valence electrons. The number of nitro benzene ring substituents is 2. The van der Waals surface area contributed by atoms with E-state index in [9.17, 15) is 20.2 Å². The Labute approximate surface area is 161 Å². The Morgan fingerprint density at radius 1 is 0.964 bits per heavy atom.